The first-order chi connectivity index (χ1) is 9.74. The van der Waals surface area contributed by atoms with Crippen LogP contribution in [0.3, 0.4) is 0 Å². The number of ether oxygens (including phenoxy) is 1. The van der Waals surface area contributed by atoms with Crippen LogP contribution in [0.2, 0.25) is 0 Å². The van der Waals surface area contributed by atoms with E-state index in [-0.39, 0.29) is 24.0 Å². The molecule has 0 aliphatic carbocycles. The second-order valence-corrected chi connectivity index (χ2v) is 8.39. The predicted octanol–water partition coefficient (Wildman–Crippen LogP) is 1.40. The van der Waals surface area contributed by atoms with Gasteiger partial charge in [0.1, 0.15) is 5.41 Å². The molecule has 2 saturated heterocycles. The van der Waals surface area contributed by atoms with Crippen molar-refractivity contribution in [2.75, 3.05) is 32.1 Å². The zero-order valence-electron chi connectivity index (χ0n) is 12.8. The minimum atomic E-state index is -1.05. The van der Waals surface area contributed by atoms with Gasteiger partial charge in [-0.15, -0.1) is 0 Å². The highest BCUT2D eigenvalue weighted by Gasteiger charge is 2.47. The number of thioether (sulfide) groups is 1. The lowest BCUT2D eigenvalue weighted by atomic mass is 9.85. The lowest BCUT2D eigenvalue weighted by Crippen LogP contribution is -2.53. The lowest BCUT2D eigenvalue weighted by molar-refractivity contribution is -0.148. The van der Waals surface area contributed by atoms with Crippen LogP contribution in [0.1, 0.15) is 27.2 Å². The quantitative estimate of drug-likeness (QED) is 0.805. The molecule has 0 aromatic carbocycles. The number of urea groups is 1. The van der Waals surface area contributed by atoms with E-state index in [2.05, 4.69) is 19.2 Å². The molecule has 2 atom stereocenters. The van der Waals surface area contributed by atoms with Crippen molar-refractivity contribution in [1.29, 1.82) is 0 Å². The van der Waals surface area contributed by atoms with Crippen LogP contribution in [-0.4, -0.2) is 64.9 Å². The van der Waals surface area contributed by atoms with Crippen LogP contribution in [0.4, 0.5) is 4.79 Å². The van der Waals surface area contributed by atoms with Gasteiger partial charge in [0.05, 0.1) is 19.3 Å². The topological polar surface area (TPSA) is 78.9 Å². The van der Waals surface area contributed by atoms with E-state index in [1.165, 1.54) is 0 Å². The number of hydrogen-bond donors (Lipinski definition) is 2. The van der Waals surface area contributed by atoms with Crippen LogP contribution in [-0.2, 0) is 9.53 Å². The van der Waals surface area contributed by atoms with Gasteiger partial charge < -0.3 is 20.1 Å². The summed E-state index contributed by atoms with van der Waals surface area (Å²) in [5, 5.41) is 12.2. The molecule has 2 aliphatic rings. The maximum atomic E-state index is 12.4. The summed E-state index contributed by atoms with van der Waals surface area (Å²) in [4.78, 5) is 25.5. The van der Waals surface area contributed by atoms with Crippen LogP contribution >= 0.6 is 11.8 Å². The highest BCUT2D eigenvalue weighted by Crippen LogP contribution is 2.31. The summed E-state index contributed by atoms with van der Waals surface area (Å²) >= 11 is 1.87. The normalized spacial score (nSPS) is 32.5. The fraction of sp³-hybridized carbons (Fsp3) is 0.857. The molecule has 2 amide bonds. The number of rotatable bonds is 2. The van der Waals surface area contributed by atoms with E-state index in [0.717, 1.165) is 12.2 Å². The Morgan fingerprint density at radius 2 is 2.05 bits per heavy atom. The Kier molecular flexibility index (Phi) is 4.72. The summed E-state index contributed by atoms with van der Waals surface area (Å²) in [6.07, 6.45) is 0.933. The van der Waals surface area contributed by atoms with Crippen molar-refractivity contribution in [3.05, 3.63) is 0 Å². The van der Waals surface area contributed by atoms with E-state index in [4.69, 9.17) is 4.74 Å². The zero-order valence-corrected chi connectivity index (χ0v) is 13.7. The SMILES string of the molecule is CC1(C)CCN(C(=O)NC2COCC2(C)C(=O)O)CCS1. The van der Waals surface area contributed by atoms with E-state index in [1.807, 2.05) is 11.8 Å². The van der Waals surface area contributed by atoms with Crippen molar-refractivity contribution in [2.24, 2.45) is 5.41 Å². The molecule has 0 saturated carbocycles. The van der Waals surface area contributed by atoms with Gasteiger partial charge in [0, 0.05) is 23.6 Å². The third-order valence-electron chi connectivity index (χ3n) is 4.37. The number of amides is 2. The van der Waals surface area contributed by atoms with E-state index < -0.39 is 17.4 Å². The number of carbonyl (C=O) groups is 2. The van der Waals surface area contributed by atoms with E-state index in [1.54, 1.807) is 11.8 Å². The van der Waals surface area contributed by atoms with Gasteiger partial charge in [-0.05, 0) is 13.3 Å². The van der Waals surface area contributed by atoms with Crippen molar-refractivity contribution >= 4 is 23.8 Å². The Bertz CT molecular complexity index is 429. The lowest BCUT2D eigenvalue weighted by Gasteiger charge is -2.29. The molecule has 2 rings (SSSR count). The maximum Gasteiger partial charge on any atom is 0.317 e. The summed E-state index contributed by atoms with van der Waals surface area (Å²) in [5.74, 6) is -0.0320. The minimum Gasteiger partial charge on any atom is -0.481 e. The van der Waals surface area contributed by atoms with Crippen molar-refractivity contribution in [3.8, 4) is 0 Å². The molecular formula is C14H24N2O4S. The number of carboxylic acid groups (broad SMARTS) is 1. The van der Waals surface area contributed by atoms with Crippen LogP contribution in [0, 0.1) is 5.41 Å². The molecule has 6 nitrogen and oxygen atoms in total. The van der Waals surface area contributed by atoms with E-state index >= 15 is 0 Å². The van der Waals surface area contributed by atoms with Gasteiger partial charge >= 0.3 is 12.0 Å². The van der Waals surface area contributed by atoms with Crippen LogP contribution < -0.4 is 5.32 Å². The van der Waals surface area contributed by atoms with Crippen LogP contribution in [0.15, 0.2) is 0 Å². The third-order valence-corrected chi connectivity index (χ3v) is 5.74. The van der Waals surface area contributed by atoms with E-state index in [9.17, 15) is 14.7 Å². The van der Waals surface area contributed by atoms with Gasteiger partial charge in [-0.25, -0.2) is 4.79 Å². The monoisotopic (exact) mass is 316 g/mol. The molecule has 21 heavy (non-hydrogen) atoms. The fourth-order valence-electron chi connectivity index (χ4n) is 2.55. The Hall–Kier alpha value is -0.950. The fourth-order valence-corrected chi connectivity index (χ4v) is 3.65. The van der Waals surface area contributed by atoms with Gasteiger partial charge in [-0.1, -0.05) is 13.8 Å². The van der Waals surface area contributed by atoms with E-state index in [0.29, 0.717) is 13.1 Å². The zero-order chi connectivity index (χ0) is 15.7. The molecule has 2 N–H and O–H groups in total. The van der Waals surface area contributed by atoms with Crippen molar-refractivity contribution in [3.63, 3.8) is 0 Å². The Labute approximate surface area is 129 Å². The minimum absolute atomic E-state index is 0.135. The molecule has 0 aromatic rings. The maximum absolute atomic E-state index is 12.4. The number of aliphatic carboxylic acids is 1. The van der Waals surface area contributed by atoms with Crippen LogP contribution in [0.25, 0.3) is 0 Å². The molecule has 2 heterocycles. The summed E-state index contributed by atoms with van der Waals surface area (Å²) < 4.78 is 5.44. The van der Waals surface area contributed by atoms with Crippen LogP contribution in [0.5, 0.6) is 0 Å². The molecule has 0 radical (unpaired) electrons. The largest absolute Gasteiger partial charge is 0.481 e. The average molecular weight is 316 g/mol. The molecular weight excluding hydrogens is 292 g/mol. The number of nitrogens with one attached hydrogen (secondary N) is 1. The van der Waals surface area contributed by atoms with Gasteiger partial charge in [-0.2, -0.15) is 11.8 Å². The summed E-state index contributed by atoms with van der Waals surface area (Å²) in [7, 11) is 0. The highest BCUT2D eigenvalue weighted by molar-refractivity contribution is 8.00. The summed E-state index contributed by atoms with van der Waals surface area (Å²) in [5.41, 5.74) is -1.05. The third kappa shape index (κ3) is 3.63. The second-order valence-electron chi connectivity index (χ2n) is 6.59. The van der Waals surface area contributed by atoms with Crippen molar-refractivity contribution in [1.82, 2.24) is 10.2 Å². The van der Waals surface area contributed by atoms with Gasteiger partial charge in [0.25, 0.3) is 0 Å². The molecule has 7 heteroatoms. The molecule has 2 unspecified atom stereocenters. The molecule has 0 aromatic heterocycles. The standard InChI is InChI=1S/C14H24N2O4S/c1-13(2)4-5-16(6-7-21-13)12(19)15-10-8-20-9-14(10,3)11(17)18/h10H,4-9H2,1-3H3,(H,15,19)(H,17,18). The molecule has 120 valence electrons. The number of hydrogen-bond acceptors (Lipinski definition) is 4. The number of carboxylic acids is 1. The first-order valence-electron chi connectivity index (χ1n) is 7.25. The Balaban J connectivity index is 1.96. The smallest absolute Gasteiger partial charge is 0.317 e. The van der Waals surface area contributed by atoms with Gasteiger partial charge in [0.15, 0.2) is 0 Å². The van der Waals surface area contributed by atoms with Crippen molar-refractivity contribution < 1.29 is 19.4 Å². The summed E-state index contributed by atoms with van der Waals surface area (Å²) in [6.45, 7) is 7.77. The number of nitrogens with zero attached hydrogens (tertiary/aromatic N) is 1. The molecule has 2 fully saturated rings. The Morgan fingerprint density at radius 1 is 1.33 bits per heavy atom. The molecule has 0 spiro atoms. The van der Waals surface area contributed by atoms with Gasteiger partial charge in [0.2, 0.25) is 0 Å². The van der Waals surface area contributed by atoms with Gasteiger partial charge in [-0.3, -0.25) is 4.79 Å². The predicted molar refractivity (Wildman–Crippen MR) is 81.6 cm³/mol. The number of carbonyl (C=O) groups excluding carboxylic acids is 1. The first kappa shape index (κ1) is 16.4. The first-order valence-corrected chi connectivity index (χ1v) is 8.24. The Morgan fingerprint density at radius 3 is 2.71 bits per heavy atom. The summed E-state index contributed by atoms with van der Waals surface area (Å²) in [6, 6.07) is -0.664. The molecule has 0 bridgehead atoms. The highest BCUT2D eigenvalue weighted by atomic mass is 32.2. The molecule has 2 aliphatic heterocycles. The van der Waals surface area contributed by atoms with Crippen molar-refractivity contribution in [2.45, 2.75) is 38.0 Å². The second kappa shape index (κ2) is 6.04. The average Bonchev–Trinajstić information content (AvgIpc) is 2.66.